The van der Waals surface area contributed by atoms with E-state index in [-0.39, 0.29) is 41.0 Å². The molecular formula is C32H35F3N2O4. The Labute approximate surface area is 237 Å². The number of rotatable bonds is 9. The van der Waals surface area contributed by atoms with Crippen LogP contribution in [0.1, 0.15) is 78.5 Å². The highest BCUT2D eigenvalue weighted by Gasteiger charge is 2.33. The molecule has 2 aromatic carbocycles. The van der Waals surface area contributed by atoms with Crippen molar-refractivity contribution in [2.75, 3.05) is 26.8 Å². The molecule has 6 nitrogen and oxygen atoms in total. The summed E-state index contributed by atoms with van der Waals surface area (Å²) in [5.41, 5.74) is 2.19. The summed E-state index contributed by atoms with van der Waals surface area (Å²) in [7, 11) is 1.30. The molecule has 0 bridgehead atoms. The molecule has 1 aliphatic carbocycles. The fourth-order valence-corrected chi connectivity index (χ4v) is 5.93. The second-order valence-corrected chi connectivity index (χ2v) is 10.7. The molecular weight excluding hydrogens is 533 g/mol. The van der Waals surface area contributed by atoms with E-state index in [4.69, 9.17) is 9.47 Å². The van der Waals surface area contributed by atoms with Crippen LogP contribution in [0.15, 0.2) is 41.3 Å². The molecule has 0 atom stereocenters. The SMILES string of the molecule is CCOc1c(CN2CCC(n3ccc(C(=O)OC)c(CC)c3=O)CC2)cc(C2CC2)c(-c2ccc(F)cc2F)c1F. The van der Waals surface area contributed by atoms with Gasteiger partial charge in [0.2, 0.25) is 0 Å². The van der Waals surface area contributed by atoms with Gasteiger partial charge < -0.3 is 14.0 Å². The van der Waals surface area contributed by atoms with Gasteiger partial charge in [-0.1, -0.05) is 6.92 Å². The first-order chi connectivity index (χ1) is 19.8. The van der Waals surface area contributed by atoms with Crippen LogP contribution < -0.4 is 10.3 Å². The lowest BCUT2D eigenvalue weighted by Gasteiger charge is -2.33. The maximum absolute atomic E-state index is 16.1. The number of aromatic nitrogens is 1. The van der Waals surface area contributed by atoms with Gasteiger partial charge in [0.05, 0.1) is 19.3 Å². The molecule has 5 rings (SSSR count). The molecule has 0 amide bonds. The third-order valence-corrected chi connectivity index (χ3v) is 8.16. The predicted octanol–water partition coefficient (Wildman–Crippen LogP) is 6.39. The van der Waals surface area contributed by atoms with Crippen LogP contribution in [0.2, 0.25) is 0 Å². The molecule has 9 heteroatoms. The van der Waals surface area contributed by atoms with E-state index in [0.29, 0.717) is 55.6 Å². The Morgan fingerprint density at radius 2 is 1.76 bits per heavy atom. The van der Waals surface area contributed by atoms with Crippen molar-refractivity contribution in [3.05, 3.63) is 86.6 Å². The summed E-state index contributed by atoms with van der Waals surface area (Å²) in [6.07, 6.45) is 5.29. The first-order valence-corrected chi connectivity index (χ1v) is 14.2. The van der Waals surface area contributed by atoms with Crippen LogP contribution in [0.4, 0.5) is 13.2 Å². The zero-order valence-electron chi connectivity index (χ0n) is 23.6. The summed E-state index contributed by atoms with van der Waals surface area (Å²) >= 11 is 0. The fraction of sp³-hybridized carbons (Fsp3) is 0.438. The number of esters is 1. The average Bonchev–Trinajstić information content (AvgIpc) is 3.81. The van der Waals surface area contributed by atoms with Gasteiger partial charge in [0.1, 0.15) is 11.6 Å². The van der Waals surface area contributed by atoms with Crippen molar-refractivity contribution >= 4 is 5.97 Å². The van der Waals surface area contributed by atoms with Crippen LogP contribution in [0.3, 0.4) is 0 Å². The van der Waals surface area contributed by atoms with Gasteiger partial charge in [-0.25, -0.2) is 18.0 Å². The second kappa shape index (κ2) is 12.1. The third kappa shape index (κ3) is 5.77. The molecule has 0 N–H and O–H groups in total. The van der Waals surface area contributed by atoms with Gasteiger partial charge in [-0.3, -0.25) is 9.69 Å². The van der Waals surface area contributed by atoms with Crippen molar-refractivity contribution in [3.63, 3.8) is 0 Å². The first kappa shape index (κ1) is 28.9. The Morgan fingerprint density at radius 1 is 1.02 bits per heavy atom. The number of carbonyl (C=O) groups is 1. The molecule has 1 saturated heterocycles. The number of pyridine rings is 1. The molecule has 2 aliphatic rings. The van der Waals surface area contributed by atoms with E-state index in [1.165, 1.54) is 13.2 Å². The largest absolute Gasteiger partial charge is 0.490 e. The van der Waals surface area contributed by atoms with Gasteiger partial charge in [0.15, 0.2) is 11.6 Å². The number of carbonyl (C=O) groups excluding carboxylic acids is 1. The van der Waals surface area contributed by atoms with Crippen LogP contribution in [0, 0.1) is 17.5 Å². The highest BCUT2D eigenvalue weighted by molar-refractivity contribution is 5.90. The van der Waals surface area contributed by atoms with Gasteiger partial charge in [0.25, 0.3) is 5.56 Å². The summed E-state index contributed by atoms with van der Waals surface area (Å²) in [4.78, 5) is 27.5. The molecule has 1 aliphatic heterocycles. The number of halogens is 3. The Hall–Kier alpha value is -3.59. The number of likely N-dealkylation sites (tertiary alicyclic amines) is 1. The summed E-state index contributed by atoms with van der Waals surface area (Å²) in [5, 5.41) is 0. The molecule has 2 fully saturated rings. The van der Waals surface area contributed by atoms with Gasteiger partial charge >= 0.3 is 5.97 Å². The standard InChI is InChI=1S/C32H35F3N2O4/c1-4-23-24(32(39)40-3)12-15-37(31(23)38)22-10-13-36(14-11-22)18-20-16-26(19-6-7-19)28(29(35)30(20)41-5-2)25-9-8-21(33)17-27(25)34/h8-9,12,15-17,19,22H,4-7,10-11,13-14,18H2,1-3H3. The minimum atomic E-state index is -0.802. The molecule has 41 heavy (non-hydrogen) atoms. The van der Waals surface area contributed by atoms with Crippen LogP contribution in [0.25, 0.3) is 11.1 Å². The van der Waals surface area contributed by atoms with E-state index in [1.807, 2.05) is 13.0 Å². The zero-order chi connectivity index (χ0) is 29.3. The Morgan fingerprint density at radius 3 is 2.37 bits per heavy atom. The van der Waals surface area contributed by atoms with Gasteiger partial charge in [-0.05, 0) is 74.8 Å². The lowest BCUT2D eigenvalue weighted by atomic mass is 9.92. The van der Waals surface area contributed by atoms with Crippen molar-refractivity contribution in [2.24, 2.45) is 0 Å². The normalized spacial score (nSPS) is 16.1. The minimum Gasteiger partial charge on any atom is -0.490 e. The number of methoxy groups -OCH3 is 1. The van der Waals surface area contributed by atoms with E-state index in [2.05, 4.69) is 4.90 Å². The zero-order valence-corrected chi connectivity index (χ0v) is 23.6. The highest BCUT2D eigenvalue weighted by Crippen LogP contribution is 2.48. The fourth-order valence-electron chi connectivity index (χ4n) is 5.93. The maximum Gasteiger partial charge on any atom is 0.338 e. The summed E-state index contributed by atoms with van der Waals surface area (Å²) in [6.45, 7) is 5.66. The van der Waals surface area contributed by atoms with Gasteiger partial charge in [0, 0.05) is 60.2 Å². The molecule has 2 heterocycles. The highest BCUT2D eigenvalue weighted by atomic mass is 19.1. The molecule has 1 aromatic heterocycles. The lowest BCUT2D eigenvalue weighted by molar-refractivity contribution is 0.0598. The van der Waals surface area contributed by atoms with E-state index < -0.39 is 23.4 Å². The Kier molecular flexibility index (Phi) is 8.54. The third-order valence-electron chi connectivity index (χ3n) is 8.16. The molecule has 3 aromatic rings. The van der Waals surface area contributed by atoms with E-state index in [9.17, 15) is 18.4 Å². The number of hydrogen-bond donors (Lipinski definition) is 0. The smallest absolute Gasteiger partial charge is 0.338 e. The monoisotopic (exact) mass is 568 g/mol. The molecule has 0 spiro atoms. The summed E-state index contributed by atoms with van der Waals surface area (Å²) in [6, 6.07) is 6.77. The van der Waals surface area contributed by atoms with Crippen LogP contribution in [-0.2, 0) is 17.7 Å². The van der Waals surface area contributed by atoms with Crippen molar-refractivity contribution in [1.29, 1.82) is 0 Å². The topological polar surface area (TPSA) is 60.8 Å². The van der Waals surface area contributed by atoms with E-state index in [1.54, 1.807) is 23.8 Å². The van der Waals surface area contributed by atoms with Crippen LogP contribution in [-0.4, -0.2) is 42.2 Å². The number of piperidine rings is 1. The molecule has 1 saturated carbocycles. The number of ether oxygens (including phenoxy) is 2. The predicted molar refractivity (Wildman–Crippen MR) is 150 cm³/mol. The van der Waals surface area contributed by atoms with Gasteiger partial charge in [-0.15, -0.1) is 0 Å². The average molecular weight is 569 g/mol. The molecule has 218 valence electrons. The Balaban J connectivity index is 1.40. The molecule has 0 unspecified atom stereocenters. The minimum absolute atomic E-state index is 0.0234. The Bertz CT molecular complexity index is 1510. The number of hydrogen-bond acceptors (Lipinski definition) is 5. The van der Waals surface area contributed by atoms with Crippen molar-refractivity contribution in [2.45, 2.75) is 64.5 Å². The van der Waals surface area contributed by atoms with Crippen molar-refractivity contribution < 1.29 is 27.4 Å². The van der Waals surface area contributed by atoms with E-state index >= 15 is 4.39 Å². The van der Waals surface area contributed by atoms with Crippen LogP contribution >= 0.6 is 0 Å². The number of nitrogens with zero attached hydrogens (tertiary/aromatic N) is 2. The number of benzene rings is 2. The lowest BCUT2D eigenvalue weighted by Crippen LogP contribution is -2.38. The van der Waals surface area contributed by atoms with Gasteiger partial charge in [-0.2, -0.15) is 0 Å². The van der Waals surface area contributed by atoms with Crippen molar-refractivity contribution in [1.82, 2.24) is 9.47 Å². The molecule has 0 radical (unpaired) electrons. The van der Waals surface area contributed by atoms with Crippen molar-refractivity contribution in [3.8, 4) is 16.9 Å². The van der Waals surface area contributed by atoms with E-state index in [0.717, 1.165) is 30.5 Å². The maximum atomic E-state index is 16.1. The summed E-state index contributed by atoms with van der Waals surface area (Å²) in [5.74, 6) is -2.42. The first-order valence-electron chi connectivity index (χ1n) is 14.2. The quantitative estimate of drug-likeness (QED) is 0.280. The van der Waals surface area contributed by atoms with Crippen LogP contribution in [0.5, 0.6) is 5.75 Å². The summed E-state index contributed by atoms with van der Waals surface area (Å²) < 4.78 is 56.9. The second-order valence-electron chi connectivity index (χ2n) is 10.7.